The maximum atomic E-state index is 5.41. The minimum Gasteiger partial charge on any atom is -0.496 e. The normalized spacial score (nSPS) is 10.8. The second kappa shape index (κ2) is 8.65. The molecule has 6 heteroatoms. The third kappa shape index (κ3) is 4.48. The van der Waals surface area contributed by atoms with Gasteiger partial charge in [-0.05, 0) is 31.0 Å². The lowest BCUT2D eigenvalue weighted by Gasteiger charge is -2.12. The van der Waals surface area contributed by atoms with Gasteiger partial charge in [-0.2, -0.15) is 0 Å². The number of aromatic nitrogens is 3. The number of hydrogen-bond acceptors (Lipinski definition) is 5. The van der Waals surface area contributed by atoms with Gasteiger partial charge in [-0.25, -0.2) is 9.97 Å². The third-order valence-corrected chi connectivity index (χ3v) is 4.87. The molecule has 6 nitrogen and oxygen atoms in total. The van der Waals surface area contributed by atoms with Gasteiger partial charge in [-0.1, -0.05) is 36.4 Å². The van der Waals surface area contributed by atoms with Gasteiger partial charge < -0.3 is 20.4 Å². The number of H-pyrrole nitrogens is 1. The van der Waals surface area contributed by atoms with Gasteiger partial charge in [0.1, 0.15) is 23.2 Å². The first kappa shape index (κ1) is 18.8. The number of nitrogens with zero attached hydrogens (tertiary/aromatic N) is 2. The van der Waals surface area contributed by atoms with E-state index >= 15 is 0 Å². The van der Waals surface area contributed by atoms with Crippen molar-refractivity contribution in [1.82, 2.24) is 15.0 Å². The fourth-order valence-corrected chi connectivity index (χ4v) is 3.45. The summed E-state index contributed by atoms with van der Waals surface area (Å²) >= 11 is 0. The number of methoxy groups -OCH3 is 1. The minimum atomic E-state index is 0.634. The number of anilines is 2. The van der Waals surface area contributed by atoms with Crippen LogP contribution in [-0.2, 0) is 13.0 Å². The van der Waals surface area contributed by atoms with Gasteiger partial charge in [-0.15, -0.1) is 0 Å². The molecule has 2 heterocycles. The summed E-state index contributed by atoms with van der Waals surface area (Å²) in [5.41, 5.74) is 3.55. The van der Waals surface area contributed by atoms with Gasteiger partial charge in [-0.3, -0.25) is 0 Å². The average molecular weight is 387 g/mol. The second-order valence-corrected chi connectivity index (χ2v) is 6.89. The molecule has 4 rings (SSSR count). The molecule has 2 aromatic carbocycles. The number of aryl methyl sites for hydroxylation is 1. The molecule has 0 fully saturated rings. The maximum absolute atomic E-state index is 5.41. The lowest BCUT2D eigenvalue weighted by Crippen LogP contribution is -2.09. The zero-order valence-corrected chi connectivity index (χ0v) is 16.7. The van der Waals surface area contributed by atoms with Crippen molar-refractivity contribution in [3.8, 4) is 5.75 Å². The Labute approximate surface area is 170 Å². The van der Waals surface area contributed by atoms with Crippen molar-refractivity contribution in [2.75, 3.05) is 24.3 Å². The van der Waals surface area contributed by atoms with Crippen LogP contribution >= 0.6 is 0 Å². The molecule has 0 spiro atoms. The van der Waals surface area contributed by atoms with Crippen LogP contribution in [-0.4, -0.2) is 28.6 Å². The molecule has 0 atom stereocenters. The molecule has 0 amide bonds. The highest BCUT2D eigenvalue weighted by atomic mass is 16.5. The average Bonchev–Trinajstić information content (AvgIpc) is 3.15. The molecular formula is C23H25N5O. The van der Waals surface area contributed by atoms with Crippen molar-refractivity contribution in [2.24, 2.45) is 0 Å². The SMILES string of the molecule is COc1ccccc1CNc1cc(NCCc2c[nH]c3ccccc23)nc(C)n1. The molecule has 0 aliphatic rings. The third-order valence-electron chi connectivity index (χ3n) is 4.87. The lowest BCUT2D eigenvalue weighted by atomic mass is 10.1. The lowest BCUT2D eigenvalue weighted by molar-refractivity contribution is 0.410. The predicted molar refractivity (Wildman–Crippen MR) is 118 cm³/mol. The van der Waals surface area contributed by atoms with Crippen LogP contribution in [0.4, 0.5) is 11.6 Å². The molecule has 0 bridgehead atoms. The zero-order chi connectivity index (χ0) is 20.1. The van der Waals surface area contributed by atoms with E-state index in [9.17, 15) is 0 Å². The van der Waals surface area contributed by atoms with E-state index in [1.165, 1.54) is 16.5 Å². The van der Waals surface area contributed by atoms with Gasteiger partial charge in [0.15, 0.2) is 0 Å². The summed E-state index contributed by atoms with van der Waals surface area (Å²) in [5, 5.41) is 8.06. The first-order valence-electron chi connectivity index (χ1n) is 9.73. The van der Waals surface area contributed by atoms with E-state index in [0.29, 0.717) is 6.54 Å². The van der Waals surface area contributed by atoms with Crippen molar-refractivity contribution in [2.45, 2.75) is 19.9 Å². The Hall–Kier alpha value is -3.54. The quantitative estimate of drug-likeness (QED) is 0.414. The Balaban J connectivity index is 1.39. The molecular weight excluding hydrogens is 362 g/mol. The first-order chi connectivity index (χ1) is 14.2. The number of hydrogen-bond donors (Lipinski definition) is 3. The molecule has 0 aliphatic heterocycles. The number of rotatable bonds is 8. The van der Waals surface area contributed by atoms with Crippen LogP contribution in [0, 0.1) is 6.92 Å². The van der Waals surface area contributed by atoms with Crippen LogP contribution < -0.4 is 15.4 Å². The Morgan fingerprint density at radius 3 is 2.55 bits per heavy atom. The first-order valence-corrected chi connectivity index (χ1v) is 9.73. The van der Waals surface area contributed by atoms with E-state index in [0.717, 1.165) is 41.7 Å². The fourth-order valence-electron chi connectivity index (χ4n) is 3.45. The van der Waals surface area contributed by atoms with Crippen molar-refractivity contribution in [3.05, 3.63) is 77.7 Å². The van der Waals surface area contributed by atoms with E-state index < -0.39 is 0 Å². The molecule has 0 unspecified atom stereocenters. The molecule has 2 aromatic heterocycles. The Kier molecular flexibility index (Phi) is 5.61. The number of nitrogens with one attached hydrogen (secondary N) is 3. The van der Waals surface area contributed by atoms with Crippen LogP contribution in [0.25, 0.3) is 10.9 Å². The largest absolute Gasteiger partial charge is 0.496 e. The molecule has 29 heavy (non-hydrogen) atoms. The monoisotopic (exact) mass is 387 g/mol. The van der Waals surface area contributed by atoms with Crippen LogP contribution in [0.15, 0.2) is 60.8 Å². The standard InChI is InChI=1S/C23H25N5O/c1-16-27-22(24-12-11-17-14-25-20-9-5-4-8-19(17)20)13-23(28-16)26-15-18-7-3-6-10-21(18)29-2/h3-10,13-14,25H,11-12,15H2,1-2H3,(H2,24,26,27,28). The summed E-state index contributed by atoms with van der Waals surface area (Å²) in [7, 11) is 1.68. The van der Waals surface area contributed by atoms with Crippen LogP contribution in [0.3, 0.4) is 0 Å². The molecule has 0 radical (unpaired) electrons. The highest BCUT2D eigenvalue weighted by Gasteiger charge is 2.06. The van der Waals surface area contributed by atoms with E-state index in [1.54, 1.807) is 7.11 Å². The smallest absolute Gasteiger partial charge is 0.132 e. The van der Waals surface area contributed by atoms with Crippen molar-refractivity contribution >= 4 is 22.5 Å². The summed E-state index contributed by atoms with van der Waals surface area (Å²) in [6.07, 6.45) is 2.99. The topological polar surface area (TPSA) is 74.9 Å². The van der Waals surface area contributed by atoms with Crippen LogP contribution in [0.2, 0.25) is 0 Å². The Morgan fingerprint density at radius 2 is 1.69 bits per heavy atom. The van der Waals surface area contributed by atoms with E-state index in [-0.39, 0.29) is 0 Å². The van der Waals surface area contributed by atoms with Crippen LogP contribution in [0.1, 0.15) is 17.0 Å². The van der Waals surface area contributed by atoms with E-state index in [2.05, 4.69) is 50.0 Å². The minimum absolute atomic E-state index is 0.634. The number of aromatic amines is 1. The molecule has 0 saturated carbocycles. The predicted octanol–water partition coefficient (Wildman–Crippen LogP) is 4.54. The van der Waals surface area contributed by atoms with Crippen molar-refractivity contribution in [1.29, 1.82) is 0 Å². The molecule has 0 aliphatic carbocycles. The summed E-state index contributed by atoms with van der Waals surface area (Å²) in [4.78, 5) is 12.3. The number of fused-ring (bicyclic) bond motifs is 1. The molecule has 4 aromatic rings. The van der Waals surface area contributed by atoms with Gasteiger partial charge in [0.25, 0.3) is 0 Å². The van der Waals surface area contributed by atoms with Gasteiger partial charge in [0, 0.05) is 41.8 Å². The highest BCUT2D eigenvalue weighted by Crippen LogP contribution is 2.20. The molecule has 0 saturated heterocycles. The number of para-hydroxylation sites is 2. The Morgan fingerprint density at radius 1 is 0.931 bits per heavy atom. The van der Waals surface area contributed by atoms with E-state index in [4.69, 9.17) is 4.74 Å². The van der Waals surface area contributed by atoms with Gasteiger partial charge >= 0.3 is 0 Å². The maximum Gasteiger partial charge on any atom is 0.132 e. The Bertz CT molecular complexity index is 1110. The molecule has 3 N–H and O–H groups in total. The zero-order valence-electron chi connectivity index (χ0n) is 16.7. The summed E-state index contributed by atoms with van der Waals surface area (Å²) < 4.78 is 5.41. The van der Waals surface area contributed by atoms with Crippen molar-refractivity contribution in [3.63, 3.8) is 0 Å². The number of benzene rings is 2. The van der Waals surface area contributed by atoms with Gasteiger partial charge in [0.2, 0.25) is 0 Å². The molecule has 148 valence electrons. The number of ether oxygens (including phenoxy) is 1. The van der Waals surface area contributed by atoms with Crippen LogP contribution in [0.5, 0.6) is 5.75 Å². The van der Waals surface area contributed by atoms with Crippen molar-refractivity contribution < 1.29 is 4.74 Å². The second-order valence-electron chi connectivity index (χ2n) is 6.89. The highest BCUT2D eigenvalue weighted by molar-refractivity contribution is 5.83. The summed E-state index contributed by atoms with van der Waals surface area (Å²) in [5.74, 6) is 3.20. The van der Waals surface area contributed by atoms with Gasteiger partial charge in [0.05, 0.1) is 7.11 Å². The fraction of sp³-hybridized carbons (Fsp3) is 0.217. The van der Waals surface area contributed by atoms with E-state index in [1.807, 2.05) is 43.3 Å². The summed E-state index contributed by atoms with van der Waals surface area (Å²) in [6.45, 7) is 3.33. The summed E-state index contributed by atoms with van der Waals surface area (Å²) in [6, 6.07) is 18.3.